The first kappa shape index (κ1) is 11.3. The number of carbonyl (C=O) groups is 1. The van der Waals surface area contributed by atoms with E-state index < -0.39 is 12.2 Å². The predicted molar refractivity (Wildman–Crippen MR) is 54.5 cm³/mol. The van der Waals surface area contributed by atoms with Gasteiger partial charge in [-0.25, -0.2) is 0 Å². The fourth-order valence-electron chi connectivity index (χ4n) is 1.18. The second-order valence-electron chi connectivity index (χ2n) is 3.06. The van der Waals surface area contributed by atoms with Crippen molar-refractivity contribution in [1.29, 1.82) is 0 Å². The van der Waals surface area contributed by atoms with Crippen molar-refractivity contribution in [3.63, 3.8) is 0 Å². The smallest absolute Gasteiger partial charge is 0.160 e. The largest absolute Gasteiger partial charge is 0.389 e. The lowest BCUT2D eigenvalue weighted by Gasteiger charge is -2.15. The Morgan fingerprint density at radius 3 is 2.71 bits per heavy atom. The molecule has 2 unspecified atom stereocenters. The van der Waals surface area contributed by atoms with Crippen LogP contribution in [0.4, 0.5) is 0 Å². The lowest BCUT2D eigenvalue weighted by atomic mass is 10.1. The number of nitrogens with two attached hydrogens (primary N) is 1. The molecule has 4 nitrogen and oxygen atoms in total. The molecule has 0 aliphatic heterocycles. The van der Waals surface area contributed by atoms with Crippen molar-refractivity contribution >= 4 is 17.6 Å². The van der Waals surface area contributed by atoms with Gasteiger partial charge in [-0.1, -0.05) is 0 Å². The van der Waals surface area contributed by atoms with Crippen molar-refractivity contribution in [2.75, 3.05) is 6.54 Å². The Kier molecular flexibility index (Phi) is 3.77. The molecule has 0 saturated heterocycles. The van der Waals surface area contributed by atoms with Crippen LogP contribution in [0.2, 0.25) is 0 Å². The predicted octanol–water partition coefficient (Wildman–Crippen LogP) is 0.222. The molecule has 0 aromatic carbocycles. The lowest BCUT2D eigenvalue weighted by Crippen LogP contribution is -2.26. The Morgan fingerprint density at radius 2 is 2.29 bits per heavy atom. The molecule has 0 fully saturated rings. The van der Waals surface area contributed by atoms with Crippen LogP contribution in [0, 0.1) is 6.92 Å². The Morgan fingerprint density at radius 1 is 1.64 bits per heavy atom. The van der Waals surface area contributed by atoms with Crippen LogP contribution in [0.15, 0.2) is 6.07 Å². The van der Waals surface area contributed by atoms with E-state index in [1.165, 1.54) is 11.3 Å². The van der Waals surface area contributed by atoms with Crippen LogP contribution < -0.4 is 5.73 Å². The highest BCUT2D eigenvalue weighted by Crippen LogP contribution is 2.28. The topological polar surface area (TPSA) is 83.5 Å². The summed E-state index contributed by atoms with van der Waals surface area (Å²) in [6.45, 7) is 1.78. The Hall–Kier alpha value is -0.750. The molecule has 5 heteroatoms. The maximum Gasteiger partial charge on any atom is 0.160 e. The number of aryl methyl sites for hydroxylation is 1. The lowest BCUT2D eigenvalue weighted by molar-refractivity contribution is 0.0262. The second kappa shape index (κ2) is 4.65. The van der Waals surface area contributed by atoms with E-state index in [-0.39, 0.29) is 6.54 Å². The number of aliphatic hydroxyl groups is 2. The molecule has 0 amide bonds. The molecule has 0 spiro atoms. The third-order valence-corrected chi connectivity index (χ3v) is 3.20. The summed E-state index contributed by atoms with van der Waals surface area (Å²) < 4.78 is 0. The minimum absolute atomic E-state index is 0.00503. The fraction of sp³-hybridized carbons (Fsp3) is 0.444. The van der Waals surface area contributed by atoms with E-state index in [2.05, 4.69) is 0 Å². The third kappa shape index (κ3) is 2.19. The van der Waals surface area contributed by atoms with Gasteiger partial charge in [-0.15, -0.1) is 11.3 Å². The molecule has 0 aliphatic rings. The Bertz CT molecular complexity index is 324. The molecule has 1 aromatic heterocycles. The van der Waals surface area contributed by atoms with Crippen molar-refractivity contribution in [3.8, 4) is 0 Å². The minimum Gasteiger partial charge on any atom is -0.389 e. The highest BCUT2D eigenvalue weighted by Gasteiger charge is 2.20. The van der Waals surface area contributed by atoms with Gasteiger partial charge in [-0.2, -0.15) is 0 Å². The van der Waals surface area contributed by atoms with Crippen LogP contribution >= 0.6 is 11.3 Å². The maximum absolute atomic E-state index is 10.5. The fourth-order valence-corrected chi connectivity index (χ4v) is 2.21. The summed E-state index contributed by atoms with van der Waals surface area (Å²) in [6.07, 6.45) is -1.26. The monoisotopic (exact) mass is 215 g/mol. The molecule has 4 N–H and O–H groups in total. The van der Waals surface area contributed by atoms with Crippen molar-refractivity contribution in [1.82, 2.24) is 0 Å². The highest BCUT2D eigenvalue weighted by molar-refractivity contribution is 7.13. The number of hydrogen-bond acceptors (Lipinski definition) is 5. The average Bonchev–Trinajstić information content (AvgIpc) is 2.57. The molecule has 78 valence electrons. The van der Waals surface area contributed by atoms with Crippen molar-refractivity contribution in [3.05, 3.63) is 21.4 Å². The molecule has 2 atom stereocenters. The third-order valence-electron chi connectivity index (χ3n) is 1.97. The van der Waals surface area contributed by atoms with Crippen molar-refractivity contribution < 1.29 is 15.0 Å². The zero-order valence-electron chi connectivity index (χ0n) is 7.80. The summed E-state index contributed by atoms with van der Waals surface area (Å²) >= 11 is 1.18. The van der Waals surface area contributed by atoms with E-state index in [0.717, 1.165) is 11.8 Å². The first-order chi connectivity index (χ1) is 6.60. The molecule has 1 heterocycles. The van der Waals surface area contributed by atoms with Gasteiger partial charge in [0.1, 0.15) is 6.10 Å². The van der Waals surface area contributed by atoms with Crippen LogP contribution in [0.25, 0.3) is 0 Å². The number of aliphatic hydroxyl groups excluding tert-OH is 2. The standard InChI is InChI=1S/C9H13NO3S/c1-5-2-6(4-11)14-9(5)8(13)7(12)3-10/h2,4,7-8,12-13H,3,10H2,1H3. The SMILES string of the molecule is Cc1cc(C=O)sc1C(O)C(O)CN. The summed E-state index contributed by atoms with van der Waals surface area (Å²) in [6, 6.07) is 1.68. The van der Waals surface area contributed by atoms with Gasteiger partial charge in [0.25, 0.3) is 0 Å². The van der Waals surface area contributed by atoms with Crippen LogP contribution in [0.1, 0.15) is 26.2 Å². The van der Waals surface area contributed by atoms with Crippen LogP contribution in [-0.2, 0) is 0 Å². The van der Waals surface area contributed by atoms with E-state index in [1.54, 1.807) is 13.0 Å². The minimum atomic E-state index is -1.00. The Labute approximate surface area is 86.0 Å². The molecule has 0 saturated carbocycles. The zero-order valence-corrected chi connectivity index (χ0v) is 8.62. The number of thiophene rings is 1. The van der Waals surface area contributed by atoms with Gasteiger partial charge in [0.2, 0.25) is 0 Å². The molecule has 1 rings (SSSR count). The van der Waals surface area contributed by atoms with Crippen molar-refractivity contribution in [2.24, 2.45) is 5.73 Å². The number of rotatable bonds is 4. The first-order valence-electron chi connectivity index (χ1n) is 4.21. The van der Waals surface area contributed by atoms with Gasteiger partial charge in [0, 0.05) is 11.4 Å². The number of carbonyl (C=O) groups excluding carboxylic acids is 1. The maximum atomic E-state index is 10.5. The molecule has 1 aromatic rings. The van der Waals surface area contributed by atoms with E-state index >= 15 is 0 Å². The molecular weight excluding hydrogens is 202 g/mol. The Balaban J connectivity index is 2.94. The van der Waals surface area contributed by atoms with Gasteiger partial charge in [0.15, 0.2) is 6.29 Å². The summed E-state index contributed by atoms with van der Waals surface area (Å²) in [5.74, 6) is 0. The van der Waals surface area contributed by atoms with Crippen LogP contribution in [-0.4, -0.2) is 29.1 Å². The van der Waals surface area contributed by atoms with Gasteiger partial charge >= 0.3 is 0 Å². The van der Waals surface area contributed by atoms with Gasteiger partial charge in [0.05, 0.1) is 11.0 Å². The summed E-state index contributed by atoms with van der Waals surface area (Å²) in [4.78, 5) is 11.6. The van der Waals surface area contributed by atoms with E-state index in [4.69, 9.17) is 5.73 Å². The zero-order chi connectivity index (χ0) is 10.7. The van der Waals surface area contributed by atoms with Gasteiger partial charge in [-0.05, 0) is 18.6 Å². The van der Waals surface area contributed by atoms with Crippen LogP contribution in [0.5, 0.6) is 0 Å². The van der Waals surface area contributed by atoms with Gasteiger partial charge < -0.3 is 15.9 Å². The summed E-state index contributed by atoms with van der Waals surface area (Å²) in [5.41, 5.74) is 6.03. The highest BCUT2D eigenvalue weighted by atomic mass is 32.1. The van der Waals surface area contributed by atoms with E-state index in [1.807, 2.05) is 0 Å². The van der Waals surface area contributed by atoms with Crippen molar-refractivity contribution in [2.45, 2.75) is 19.1 Å². The first-order valence-corrected chi connectivity index (χ1v) is 5.03. The van der Waals surface area contributed by atoms with E-state index in [0.29, 0.717) is 9.75 Å². The number of aldehydes is 1. The second-order valence-corrected chi connectivity index (χ2v) is 4.18. The molecule has 14 heavy (non-hydrogen) atoms. The normalized spacial score (nSPS) is 15.1. The summed E-state index contributed by atoms with van der Waals surface area (Å²) in [5, 5.41) is 19.0. The number of hydrogen-bond donors (Lipinski definition) is 3. The average molecular weight is 215 g/mol. The molecule has 0 aliphatic carbocycles. The molecular formula is C9H13NO3S. The molecule has 0 radical (unpaired) electrons. The molecule has 0 bridgehead atoms. The summed E-state index contributed by atoms with van der Waals surface area (Å²) in [7, 11) is 0. The van der Waals surface area contributed by atoms with E-state index in [9.17, 15) is 15.0 Å². The van der Waals surface area contributed by atoms with Gasteiger partial charge in [-0.3, -0.25) is 4.79 Å². The quantitative estimate of drug-likeness (QED) is 0.627. The van der Waals surface area contributed by atoms with Crippen LogP contribution in [0.3, 0.4) is 0 Å².